The van der Waals surface area contributed by atoms with Crippen molar-refractivity contribution >= 4 is 8.56 Å². The number of nitrogens with zero attached hydrogens (tertiary/aromatic N) is 1. The first-order chi connectivity index (χ1) is 9.17. The van der Waals surface area contributed by atoms with E-state index >= 15 is 0 Å². The summed E-state index contributed by atoms with van der Waals surface area (Å²) in [6.07, 6.45) is 2.15. The molecule has 0 aromatic heterocycles. The summed E-state index contributed by atoms with van der Waals surface area (Å²) in [5, 5.41) is 0. The summed E-state index contributed by atoms with van der Waals surface area (Å²) in [6, 6.07) is 2.02. The topological polar surface area (TPSA) is 30.9 Å². The molecule has 4 nitrogen and oxygen atoms in total. The van der Waals surface area contributed by atoms with Crippen molar-refractivity contribution in [3.05, 3.63) is 0 Å². The van der Waals surface area contributed by atoms with Gasteiger partial charge in [-0.15, -0.1) is 0 Å². The van der Waals surface area contributed by atoms with Crippen molar-refractivity contribution in [2.24, 2.45) is 0 Å². The zero-order chi connectivity index (χ0) is 14.6. The highest BCUT2D eigenvalue weighted by Crippen LogP contribution is 2.18. The molecule has 0 fully saturated rings. The Morgan fingerprint density at radius 1 is 0.895 bits per heavy atom. The minimum absolute atomic E-state index is 0.819. The molecule has 0 aromatic carbocycles. The van der Waals surface area contributed by atoms with Crippen LogP contribution in [0.15, 0.2) is 0 Å². The van der Waals surface area contributed by atoms with Gasteiger partial charge in [0.25, 0.3) is 0 Å². The van der Waals surface area contributed by atoms with Crippen molar-refractivity contribution < 1.29 is 13.6 Å². The van der Waals surface area contributed by atoms with Gasteiger partial charge >= 0.3 is 8.56 Å². The van der Waals surface area contributed by atoms with Crippen LogP contribution in [0.4, 0.5) is 0 Å². The van der Waals surface area contributed by atoms with Crippen molar-refractivity contribution in [3.63, 3.8) is 0 Å². The zero-order valence-electron chi connectivity index (χ0n) is 13.5. The summed E-state index contributed by atoms with van der Waals surface area (Å²) in [4.78, 5) is 2.42. The maximum absolute atomic E-state index is 5.69. The number of rotatable bonds is 13. The normalized spacial score (nSPS) is 12.3. The average molecular weight is 292 g/mol. The van der Waals surface area contributed by atoms with Gasteiger partial charge in [-0.05, 0) is 38.0 Å². The van der Waals surface area contributed by atoms with Crippen LogP contribution >= 0.6 is 0 Å². The molecular weight excluding hydrogens is 258 g/mol. The van der Waals surface area contributed by atoms with Crippen LogP contribution in [0.25, 0.3) is 0 Å². The molecule has 0 amide bonds. The van der Waals surface area contributed by atoms with E-state index in [2.05, 4.69) is 25.7 Å². The Bertz CT molecular complexity index is 189. The van der Waals surface area contributed by atoms with E-state index in [0.717, 1.165) is 57.8 Å². The Morgan fingerprint density at radius 3 is 1.95 bits per heavy atom. The largest absolute Gasteiger partial charge is 0.398 e. The summed E-state index contributed by atoms with van der Waals surface area (Å²) in [7, 11) is 1.63. The van der Waals surface area contributed by atoms with E-state index in [9.17, 15) is 0 Å². The second-order valence-corrected chi connectivity index (χ2v) is 8.61. The fraction of sp³-hybridized carbons (Fsp3) is 1.00. The molecule has 5 heteroatoms. The van der Waals surface area contributed by atoms with Crippen LogP contribution in [0.1, 0.15) is 33.6 Å². The third-order valence-electron chi connectivity index (χ3n) is 3.79. The molecular formula is C14H33NO3Si. The maximum atomic E-state index is 5.69. The van der Waals surface area contributed by atoms with Crippen LogP contribution < -0.4 is 0 Å². The Hall–Kier alpha value is 0.0569. The lowest BCUT2D eigenvalue weighted by molar-refractivity contribution is 0.120. The maximum Gasteiger partial charge on any atom is 0.337 e. The molecule has 0 bridgehead atoms. The van der Waals surface area contributed by atoms with Crippen LogP contribution in [-0.2, 0) is 13.6 Å². The van der Waals surface area contributed by atoms with Gasteiger partial charge in [-0.3, -0.25) is 0 Å². The third kappa shape index (κ3) is 8.04. The van der Waals surface area contributed by atoms with Crippen LogP contribution in [0.3, 0.4) is 0 Å². The Labute approximate surface area is 120 Å². The fourth-order valence-corrected chi connectivity index (χ4v) is 4.42. The van der Waals surface area contributed by atoms with Crippen molar-refractivity contribution in [2.75, 3.05) is 47.1 Å². The minimum Gasteiger partial charge on any atom is -0.398 e. The predicted octanol–water partition coefficient (Wildman–Crippen LogP) is 2.88. The van der Waals surface area contributed by atoms with Gasteiger partial charge in [-0.25, -0.2) is 0 Å². The first-order valence-electron chi connectivity index (χ1n) is 7.58. The Morgan fingerprint density at radius 2 is 1.47 bits per heavy atom. The number of ether oxygens (including phenoxy) is 1. The molecule has 116 valence electrons. The molecule has 0 atom stereocenters. The second-order valence-electron chi connectivity index (χ2n) is 4.77. The van der Waals surface area contributed by atoms with Crippen LogP contribution in [-0.4, -0.2) is 60.5 Å². The quantitative estimate of drug-likeness (QED) is 0.386. The molecule has 0 aliphatic carbocycles. The van der Waals surface area contributed by atoms with E-state index in [-0.39, 0.29) is 0 Å². The highest BCUT2D eigenvalue weighted by molar-refractivity contribution is 6.67. The monoisotopic (exact) mass is 291 g/mol. The summed E-state index contributed by atoms with van der Waals surface area (Å²) in [5.41, 5.74) is 0. The predicted molar refractivity (Wildman–Crippen MR) is 82.9 cm³/mol. The van der Waals surface area contributed by atoms with E-state index in [1.807, 2.05) is 0 Å². The van der Waals surface area contributed by atoms with Gasteiger partial charge in [0, 0.05) is 34.0 Å². The van der Waals surface area contributed by atoms with Gasteiger partial charge in [0.1, 0.15) is 0 Å². The molecule has 0 unspecified atom stereocenters. The van der Waals surface area contributed by atoms with Crippen molar-refractivity contribution in [1.29, 1.82) is 0 Å². The van der Waals surface area contributed by atoms with Crippen molar-refractivity contribution in [1.82, 2.24) is 4.90 Å². The lowest BCUT2D eigenvalue weighted by atomic mass is 10.4. The van der Waals surface area contributed by atoms with E-state index in [0.29, 0.717) is 0 Å². The van der Waals surface area contributed by atoms with Gasteiger partial charge in [0.2, 0.25) is 0 Å². The molecule has 0 heterocycles. The highest BCUT2D eigenvalue weighted by atomic mass is 28.4. The molecule has 0 radical (unpaired) electrons. The molecule has 0 aromatic rings. The van der Waals surface area contributed by atoms with Crippen LogP contribution in [0, 0.1) is 0 Å². The van der Waals surface area contributed by atoms with Gasteiger partial charge < -0.3 is 18.5 Å². The molecule has 0 saturated carbocycles. The van der Waals surface area contributed by atoms with E-state index in [1.165, 1.54) is 0 Å². The molecule has 0 aliphatic heterocycles. The smallest absolute Gasteiger partial charge is 0.337 e. The molecule has 0 saturated heterocycles. The lowest BCUT2D eigenvalue weighted by Crippen LogP contribution is -2.39. The molecule has 0 spiro atoms. The lowest BCUT2D eigenvalue weighted by Gasteiger charge is -2.25. The van der Waals surface area contributed by atoms with Gasteiger partial charge in [-0.1, -0.05) is 20.8 Å². The Kier molecular flexibility index (Phi) is 11.9. The average Bonchev–Trinajstić information content (AvgIpc) is 2.47. The molecule has 0 aliphatic rings. The first-order valence-corrected chi connectivity index (χ1v) is 9.81. The zero-order valence-corrected chi connectivity index (χ0v) is 14.5. The van der Waals surface area contributed by atoms with Crippen LogP contribution in [0.2, 0.25) is 12.1 Å². The van der Waals surface area contributed by atoms with Crippen molar-refractivity contribution in [3.8, 4) is 0 Å². The summed E-state index contributed by atoms with van der Waals surface area (Å²) in [6.45, 7) is 11.6. The van der Waals surface area contributed by atoms with Gasteiger partial charge in [0.15, 0.2) is 0 Å². The van der Waals surface area contributed by atoms with E-state index < -0.39 is 8.56 Å². The Balaban J connectivity index is 3.54. The van der Waals surface area contributed by atoms with Gasteiger partial charge in [-0.2, -0.15) is 0 Å². The standard InChI is InChI=1S/C14H33NO3Si/c1-6-15(7-2)11-9-12-18-13-10-14-19(8-3,16-4)17-5/h6-14H2,1-5H3. The summed E-state index contributed by atoms with van der Waals surface area (Å²) >= 11 is 0. The van der Waals surface area contributed by atoms with Gasteiger partial charge in [0.05, 0.1) is 0 Å². The SMILES string of the molecule is CCN(CC)CCCOCCC[Si](CC)(OC)OC. The molecule has 0 N–H and O–H groups in total. The molecule has 0 rings (SSSR count). The van der Waals surface area contributed by atoms with Crippen molar-refractivity contribution in [2.45, 2.75) is 45.7 Å². The summed E-state index contributed by atoms with van der Waals surface area (Å²) < 4.78 is 16.8. The first kappa shape index (κ1) is 19.1. The highest BCUT2D eigenvalue weighted by Gasteiger charge is 2.32. The third-order valence-corrected chi connectivity index (χ3v) is 7.47. The number of hydrogen-bond acceptors (Lipinski definition) is 4. The number of hydrogen-bond donors (Lipinski definition) is 0. The van der Waals surface area contributed by atoms with E-state index in [4.69, 9.17) is 13.6 Å². The minimum atomic E-state index is -1.90. The van der Waals surface area contributed by atoms with Crippen LogP contribution in [0.5, 0.6) is 0 Å². The fourth-order valence-electron chi connectivity index (χ4n) is 2.23. The summed E-state index contributed by atoms with van der Waals surface area (Å²) in [5.74, 6) is 0. The van der Waals surface area contributed by atoms with E-state index in [1.54, 1.807) is 14.2 Å². The second kappa shape index (κ2) is 11.8. The molecule has 19 heavy (non-hydrogen) atoms.